The number of nitrogens with one attached hydrogen (secondary N) is 1. The number of imide groups is 1. The summed E-state index contributed by atoms with van der Waals surface area (Å²) < 4.78 is 0. The van der Waals surface area contributed by atoms with Gasteiger partial charge in [0, 0.05) is 6.42 Å². The Morgan fingerprint density at radius 2 is 1.84 bits per heavy atom. The molecule has 4 atom stereocenters. The average Bonchev–Trinajstić information content (AvgIpc) is 3.15. The Balaban J connectivity index is 1.43. The Morgan fingerprint density at radius 3 is 2.40 bits per heavy atom. The maximum atomic E-state index is 12.7. The van der Waals surface area contributed by atoms with Gasteiger partial charge < -0.3 is 0 Å². The molecule has 1 N–H and O–H groups in total. The van der Waals surface area contributed by atoms with Crippen LogP contribution in [0.2, 0.25) is 0 Å². The third kappa shape index (κ3) is 2.78. The zero-order valence-electron chi connectivity index (χ0n) is 14.0. The number of carbonyl (C=O) groups is 3. The van der Waals surface area contributed by atoms with E-state index in [9.17, 15) is 14.4 Å². The van der Waals surface area contributed by atoms with E-state index >= 15 is 0 Å². The van der Waals surface area contributed by atoms with Crippen molar-refractivity contribution in [2.45, 2.75) is 32.6 Å². The van der Waals surface area contributed by atoms with Gasteiger partial charge in [-0.2, -0.15) is 0 Å². The van der Waals surface area contributed by atoms with Crippen LogP contribution in [0.15, 0.2) is 12.2 Å². The number of nitrogens with zero attached hydrogens (tertiary/aromatic N) is 3. The Bertz CT molecular complexity index is 727. The smallest absolute Gasteiger partial charge is 0.246 e. The lowest BCUT2D eigenvalue weighted by atomic mass is 9.63. The summed E-state index contributed by atoms with van der Waals surface area (Å²) in [5.41, 5.74) is 0. The molecule has 132 valence electrons. The SMILES string of the molecule is CCCc1nnc(NC(=O)CN2C(=O)[C@H]3[C@H](C2=O)[C@H]2C=C[C@H]3CC2)s1. The van der Waals surface area contributed by atoms with Crippen molar-refractivity contribution in [1.29, 1.82) is 0 Å². The van der Waals surface area contributed by atoms with Crippen molar-refractivity contribution in [2.24, 2.45) is 23.7 Å². The van der Waals surface area contributed by atoms with Crippen LogP contribution >= 0.6 is 11.3 Å². The zero-order chi connectivity index (χ0) is 17.6. The summed E-state index contributed by atoms with van der Waals surface area (Å²) in [4.78, 5) is 38.8. The molecule has 1 aromatic rings. The molecule has 1 aromatic heterocycles. The number of aryl methyl sites for hydroxylation is 1. The number of aromatic nitrogens is 2. The molecule has 3 amide bonds. The van der Waals surface area contributed by atoms with Crippen LogP contribution in [-0.4, -0.2) is 39.4 Å². The topological polar surface area (TPSA) is 92.3 Å². The molecule has 2 heterocycles. The van der Waals surface area contributed by atoms with Crippen LogP contribution in [0.3, 0.4) is 0 Å². The summed E-state index contributed by atoms with van der Waals surface area (Å²) in [5, 5.41) is 11.9. The Morgan fingerprint density at radius 1 is 1.20 bits per heavy atom. The first kappa shape index (κ1) is 16.4. The van der Waals surface area contributed by atoms with Gasteiger partial charge in [-0.25, -0.2) is 0 Å². The number of carbonyl (C=O) groups excluding carboxylic acids is 3. The predicted octanol–water partition coefficient (Wildman–Crippen LogP) is 1.63. The summed E-state index contributed by atoms with van der Waals surface area (Å²) in [6.07, 6.45) is 7.81. The van der Waals surface area contributed by atoms with E-state index in [0.717, 1.165) is 35.6 Å². The molecule has 0 aromatic carbocycles. The number of hydrogen-bond donors (Lipinski definition) is 1. The lowest BCUT2D eigenvalue weighted by molar-refractivity contribution is -0.142. The van der Waals surface area contributed by atoms with Crippen molar-refractivity contribution in [3.63, 3.8) is 0 Å². The van der Waals surface area contributed by atoms with Crippen molar-refractivity contribution < 1.29 is 14.4 Å². The number of rotatable bonds is 5. The molecular formula is C17H20N4O3S. The van der Waals surface area contributed by atoms with E-state index in [2.05, 4.69) is 27.7 Å². The average molecular weight is 360 g/mol. The van der Waals surface area contributed by atoms with Gasteiger partial charge in [-0.3, -0.25) is 24.6 Å². The fourth-order valence-corrected chi connectivity index (χ4v) is 5.07. The van der Waals surface area contributed by atoms with Crippen LogP contribution in [0.1, 0.15) is 31.2 Å². The van der Waals surface area contributed by atoms with Crippen LogP contribution in [0.25, 0.3) is 0 Å². The molecule has 0 unspecified atom stereocenters. The van der Waals surface area contributed by atoms with Crippen molar-refractivity contribution in [3.05, 3.63) is 17.2 Å². The van der Waals surface area contributed by atoms with Crippen molar-refractivity contribution >= 4 is 34.2 Å². The van der Waals surface area contributed by atoms with Gasteiger partial charge in [0.2, 0.25) is 22.9 Å². The quantitative estimate of drug-likeness (QED) is 0.636. The number of likely N-dealkylation sites (tertiary alicyclic amines) is 1. The third-order valence-electron chi connectivity index (χ3n) is 5.33. The van der Waals surface area contributed by atoms with Crippen LogP contribution in [0.5, 0.6) is 0 Å². The fourth-order valence-electron chi connectivity index (χ4n) is 4.21. The second-order valence-electron chi connectivity index (χ2n) is 6.90. The summed E-state index contributed by atoms with van der Waals surface area (Å²) >= 11 is 1.32. The third-order valence-corrected chi connectivity index (χ3v) is 6.23. The van der Waals surface area contributed by atoms with Gasteiger partial charge in [-0.05, 0) is 31.1 Å². The van der Waals surface area contributed by atoms with Crippen molar-refractivity contribution in [1.82, 2.24) is 15.1 Å². The highest BCUT2D eigenvalue weighted by molar-refractivity contribution is 7.15. The van der Waals surface area contributed by atoms with Crippen LogP contribution in [-0.2, 0) is 20.8 Å². The van der Waals surface area contributed by atoms with Gasteiger partial charge in [-0.1, -0.05) is 30.4 Å². The molecule has 8 heteroatoms. The first-order valence-corrected chi connectivity index (χ1v) is 9.56. The van der Waals surface area contributed by atoms with E-state index in [1.807, 2.05) is 6.92 Å². The highest BCUT2D eigenvalue weighted by Crippen LogP contribution is 2.49. The highest BCUT2D eigenvalue weighted by Gasteiger charge is 2.56. The monoisotopic (exact) mass is 360 g/mol. The minimum Gasteiger partial charge on any atom is -0.299 e. The molecule has 1 aliphatic heterocycles. The first-order chi connectivity index (χ1) is 12.1. The largest absolute Gasteiger partial charge is 0.299 e. The van der Waals surface area contributed by atoms with Crippen LogP contribution in [0.4, 0.5) is 5.13 Å². The Hall–Kier alpha value is -2.09. The van der Waals surface area contributed by atoms with E-state index in [4.69, 9.17) is 0 Å². The summed E-state index contributed by atoms with van der Waals surface area (Å²) in [7, 11) is 0. The van der Waals surface area contributed by atoms with E-state index in [1.165, 1.54) is 11.3 Å². The van der Waals surface area contributed by atoms with E-state index in [-0.39, 0.29) is 42.0 Å². The number of allylic oxidation sites excluding steroid dienone is 2. The molecule has 5 rings (SSSR count). The van der Waals surface area contributed by atoms with E-state index in [0.29, 0.717) is 5.13 Å². The van der Waals surface area contributed by atoms with Crippen LogP contribution < -0.4 is 5.32 Å². The second-order valence-corrected chi connectivity index (χ2v) is 7.97. The van der Waals surface area contributed by atoms with E-state index < -0.39 is 5.91 Å². The summed E-state index contributed by atoms with van der Waals surface area (Å²) in [5.74, 6) is -1.08. The van der Waals surface area contributed by atoms with Gasteiger partial charge >= 0.3 is 0 Å². The molecule has 0 spiro atoms. The highest BCUT2D eigenvalue weighted by atomic mass is 32.1. The van der Waals surface area contributed by atoms with Crippen molar-refractivity contribution in [2.75, 3.05) is 11.9 Å². The van der Waals surface area contributed by atoms with E-state index in [1.54, 1.807) is 0 Å². The molecule has 1 saturated carbocycles. The standard InChI is InChI=1S/C17H20N4O3S/c1-2-3-12-19-20-17(25-12)18-11(22)8-21-15(23)13-9-4-5-10(7-6-9)14(13)16(21)24/h4-5,9-10,13-14H,2-3,6-8H2,1H3,(H,18,20,22)/t9-,10-,13+,14+/m0/s1. The lowest BCUT2D eigenvalue weighted by Gasteiger charge is -2.38. The molecule has 7 nitrogen and oxygen atoms in total. The van der Waals surface area contributed by atoms with Crippen LogP contribution in [0, 0.1) is 23.7 Å². The second kappa shape index (κ2) is 6.33. The molecule has 4 aliphatic rings. The normalized spacial score (nSPS) is 30.0. The number of fused-ring (bicyclic) bond motifs is 1. The molecule has 25 heavy (non-hydrogen) atoms. The van der Waals surface area contributed by atoms with Crippen molar-refractivity contribution in [3.8, 4) is 0 Å². The molecule has 1 saturated heterocycles. The predicted molar refractivity (Wildman–Crippen MR) is 91.6 cm³/mol. The maximum Gasteiger partial charge on any atom is 0.246 e. The first-order valence-electron chi connectivity index (χ1n) is 8.74. The van der Waals surface area contributed by atoms with Gasteiger partial charge in [0.25, 0.3) is 0 Å². The summed E-state index contributed by atoms with van der Waals surface area (Å²) in [6.45, 7) is 1.80. The Labute approximate surface area is 149 Å². The molecule has 2 bridgehead atoms. The van der Waals surface area contributed by atoms with Gasteiger partial charge in [-0.15, -0.1) is 10.2 Å². The molecule has 3 aliphatic carbocycles. The lowest BCUT2D eigenvalue weighted by Crippen LogP contribution is -2.38. The minimum absolute atomic E-state index is 0.138. The van der Waals surface area contributed by atoms with Gasteiger partial charge in [0.1, 0.15) is 11.6 Å². The maximum absolute atomic E-state index is 12.7. The van der Waals surface area contributed by atoms with Gasteiger partial charge in [0.15, 0.2) is 0 Å². The number of amides is 3. The molecular weight excluding hydrogens is 340 g/mol. The Kier molecular flexibility index (Phi) is 4.15. The molecule has 0 radical (unpaired) electrons. The molecule has 2 fully saturated rings. The number of hydrogen-bond acceptors (Lipinski definition) is 6. The zero-order valence-corrected chi connectivity index (χ0v) is 14.8. The van der Waals surface area contributed by atoms with Gasteiger partial charge in [0.05, 0.1) is 11.8 Å². The minimum atomic E-state index is -0.403. The summed E-state index contributed by atoms with van der Waals surface area (Å²) in [6, 6.07) is 0. The number of anilines is 1. The fraction of sp³-hybridized carbons (Fsp3) is 0.588.